The minimum atomic E-state index is -0.531. The Kier molecular flexibility index (Phi) is 5.08. The van der Waals surface area contributed by atoms with E-state index >= 15 is 0 Å². The third kappa shape index (κ3) is 3.48. The fourth-order valence-electron chi connectivity index (χ4n) is 1.26. The van der Waals surface area contributed by atoms with Crippen molar-refractivity contribution in [2.24, 2.45) is 0 Å². The van der Waals surface area contributed by atoms with Crippen molar-refractivity contribution in [1.82, 2.24) is 0 Å². The van der Waals surface area contributed by atoms with Gasteiger partial charge in [0.25, 0.3) is 0 Å². The number of rotatable bonds is 6. The molecule has 0 amide bonds. The Morgan fingerprint density at radius 2 is 1.80 bits per heavy atom. The lowest BCUT2D eigenvalue weighted by Gasteiger charge is -2.14. The van der Waals surface area contributed by atoms with Crippen LogP contribution in [-0.4, -0.2) is 22.0 Å². The van der Waals surface area contributed by atoms with Crippen LogP contribution >= 0.6 is 0 Å². The van der Waals surface area contributed by atoms with Gasteiger partial charge in [0.2, 0.25) is 6.29 Å². The second kappa shape index (κ2) is 6.10. The highest BCUT2D eigenvalue weighted by atomic mass is 28.3. The molecule has 0 N–H and O–H groups in total. The molecular weight excluding hydrogens is 208 g/mol. The van der Waals surface area contributed by atoms with Gasteiger partial charge >= 0.3 is 0 Å². The largest absolute Gasteiger partial charge is 0.466 e. The quantitative estimate of drug-likeness (QED) is 0.552. The molecule has 85 valence electrons. The zero-order valence-electron chi connectivity index (χ0n) is 9.87. The van der Waals surface area contributed by atoms with E-state index in [0.717, 1.165) is 11.1 Å². The third-order valence-corrected chi connectivity index (χ3v) is 3.24. The Morgan fingerprint density at radius 3 is 2.20 bits per heavy atom. The average molecular weight is 227 g/mol. The Hall–Kier alpha value is -0.583. The maximum Gasteiger partial charge on any atom is 0.217 e. The standard InChI is InChI=1S/C11H19O3Si/c1-5-12-11(13-6-2)9-7-8-10(14-9)15(3)4/h7-8,11H,5-6H2,1-4H3. The fourth-order valence-corrected chi connectivity index (χ4v) is 2.00. The van der Waals surface area contributed by atoms with Crippen LogP contribution in [0.1, 0.15) is 25.9 Å². The van der Waals surface area contributed by atoms with Gasteiger partial charge < -0.3 is 13.9 Å². The summed E-state index contributed by atoms with van der Waals surface area (Å²) in [6, 6.07) is 3.97. The lowest BCUT2D eigenvalue weighted by Crippen LogP contribution is -2.20. The molecule has 1 heterocycles. The second-order valence-electron chi connectivity index (χ2n) is 3.44. The van der Waals surface area contributed by atoms with Crippen molar-refractivity contribution in [1.29, 1.82) is 0 Å². The van der Waals surface area contributed by atoms with E-state index in [1.165, 1.54) is 0 Å². The molecule has 4 heteroatoms. The van der Waals surface area contributed by atoms with Crippen LogP contribution in [0.4, 0.5) is 0 Å². The fraction of sp³-hybridized carbons (Fsp3) is 0.636. The Morgan fingerprint density at radius 1 is 1.20 bits per heavy atom. The molecule has 0 unspecified atom stereocenters. The first-order valence-electron chi connectivity index (χ1n) is 5.32. The molecule has 1 radical (unpaired) electrons. The number of hydrogen-bond donors (Lipinski definition) is 0. The maximum atomic E-state index is 5.71. The minimum absolute atomic E-state index is 0.352. The topological polar surface area (TPSA) is 31.6 Å². The third-order valence-electron chi connectivity index (χ3n) is 1.99. The molecule has 0 saturated heterocycles. The van der Waals surface area contributed by atoms with Gasteiger partial charge in [-0.3, -0.25) is 0 Å². The van der Waals surface area contributed by atoms with Crippen LogP contribution in [-0.2, 0) is 9.47 Å². The summed E-state index contributed by atoms with van der Waals surface area (Å²) < 4.78 is 16.6. The first-order valence-corrected chi connectivity index (χ1v) is 7.82. The van der Waals surface area contributed by atoms with Crippen LogP contribution < -0.4 is 5.38 Å². The van der Waals surface area contributed by atoms with E-state index < -0.39 is 8.80 Å². The van der Waals surface area contributed by atoms with Crippen LogP contribution in [0.15, 0.2) is 16.5 Å². The van der Waals surface area contributed by atoms with Crippen molar-refractivity contribution < 1.29 is 13.9 Å². The molecule has 0 saturated carbocycles. The summed E-state index contributed by atoms with van der Waals surface area (Å²) in [5.41, 5.74) is 0. The van der Waals surface area contributed by atoms with Gasteiger partial charge in [0.05, 0.1) is 5.38 Å². The van der Waals surface area contributed by atoms with Crippen LogP contribution in [0, 0.1) is 0 Å². The second-order valence-corrected chi connectivity index (χ2v) is 5.94. The monoisotopic (exact) mass is 227 g/mol. The summed E-state index contributed by atoms with van der Waals surface area (Å²) in [6.07, 6.45) is -0.352. The predicted octanol–water partition coefficient (Wildman–Crippen LogP) is 2.31. The zero-order valence-corrected chi connectivity index (χ0v) is 10.9. The summed E-state index contributed by atoms with van der Waals surface area (Å²) in [7, 11) is -0.531. The number of ether oxygens (including phenoxy) is 2. The van der Waals surface area contributed by atoms with Crippen molar-refractivity contribution in [3.05, 3.63) is 17.9 Å². The van der Waals surface area contributed by atoms with Gasteiger partial charge in [0.15, 0.2) is 5.76 Å². The average Bonchev–Trinajstić information content (AvgIpc) is 2.66. The van der Waals surface area contributed by atoms with Gasteiger partial charge in [-0.05, 0) is 26.0 Å². The molecule has 0 fully saturated rings. The summed E-state index contributed by atoms with van der Waals surface area (Å²) in [5, 5.41) is 1.07. The molecule has 1 rings (SSSR count). The Balaban J connectivity index is 2.72. The number of hydrogen-bond acceptors (Lipinski definition) is 3. The van der Waals surface area contributed by atoms with Gasteiger partial charge in [-0.25, -0.2) is 0 Å². The van der Waals surface area contributed by atoms with E-state index in [4.69, 9.17) is 13.9 Å². The van der Waals surface area contributed by atoms with Crippen molar-refractivity contribution in [3.63, 3.8) is 0 Å². The number of furan rings is 1. The van der Waals surface area contributed by atoms with Crippen LogP contribution in [0.5, 0.6) is 0 Å². The van der Waals surface area contributed by atoms with Gasteiger partial charge in [-0.1, -0.05) is 13.1 Å². The van der Waals surface area contributed by atoms with E-state index in [1.807, 2.05) is 26.0 Å². The molecule has 0 aliphatic rings. The highest BCUT2D eigenvalue weighted by Crippen LogP contribution is 2.18. The van der Waals surface area contributed by atoms with Crippen molar-refractivity contribution in [2.45, 2.75) is 33.2 Å². The zero-order chi connectivity index (χ0) is 11.3. The van der Waals surface area contributed by atoms with Crippen molar-refractivity contribution in [3.8, 4) is 0 Å². The molecule has 0 aliphatic carbocycles. The van der Waals surface area contributed by atoms with Crippen LogP contribution in [0.25, 0.3) is 0 Å². The first kappa shape index (κ1) is 12.5. The van der Waals surface area contributed by atoms with Gasteiger partial charge in [-0.2, -0.15) is 0 Å². The van der Waals surface area contributed by atoms with Gasteiger partial charge in [-0.15, -0.1) is 0 Å². The lowest BCUT2D eigenvalue weighted by atomic mass is 10.4. The molecule has 15 heavy (non-hydrogen) atoms. The molecule has 0 atom stereocenters. The van der Waals surface area contributed by atoms with E-state index in [1.54, 1.807) is 0 Å². The molecular formula is C11H19O3Si. The van der Waals surface area contributed by atoms with E-state index in [2.05, 4.69) is 13.1 Å². The molecule has 0 aliphatic heterocycles. The predicted molar refractivity (Wildman–Crippen MR) is 61.8 cm³/mol. The normalized spacial score (nSPS) is 11.6. The van der Waals surface area contributed by atoms with Crippen LogP contribution in [0.3, 0.4) is 0 Å². The summed E-state index contributed by atoms with van der Waals surface area (Å²) in [4.78, 5) is 0. The van der Waals surface area contributed by atoms with E-state index in [0.29, 0.717) is 13.2 Å². The van der Waals surface area contributed by atoms with E-state index in [-0.39, 0.29) is 6.29 Å². The van der Waals surface area contributed by atoms with Gasteiger partial charge in [0.1, 0.15) is 8.80 Å². The van der Waals surface area contributed by atoms with E-state index in [9.17, 15) is 0 Å². The SMILES string of the molecule is CCOC(OCC)c1ccc([Si](C)C)o1. The minimum Gasteiger partial charge on any atom is -0.466 e. The van der Waals surface area contributed by atoms with Crippen molar-refractivity contribution >= 4 is 14.2 Å². The molecule has 1 aromatic heterocycles. The van der Waals surface area contributed by atoms with Gasteiger partial charge in [0, 0.05) is 13.2 Å². The summed E-state index contributed by atoms with van der Waals surface area (Å²) in [6.45, 7) is 9.54. The molecule has 1 aromatic rings. The smallest absolute Gasteiger partial charge is 0.217 e. The molecule has 0 bridgehead atoms. The summed E-state index contributed by atoms with van der Waals surface area (Å²) in [5.74, 6) is 0.778. The van der Waals surface area contributed by atoms with Crippen molar-refractivity contribution in [2.75, 3.05) is 13.2 Å². The molecule has 0 aromatic carbocycles. The first-order chi connectivity index (χ1) is 7.19. The highest BCUT2D eigenvalue weighted by molar-refractivity contribution is 6.69. The molecule has 0 spiro atoms. The Bertz CT molecular complexity index is 277. The molecule has 3 nitrogen and oxygen atoms in total. The maximum absolute atomic E-state index is 5.71. The Labute approximate surface area is 93.0 Å². The summed E-state index contributed by atoms with van der Waals surface area (Å²) >= 11 is 0. The lowest BCUT2D eigenvalue weighted by molar-refractivity contribution is -0.150. The highest BCUT2D eigenvalue weighted by Gasteiger charge is 2.17. The van der Waals surface area contributed by atoms with Crippen LogP contribution in [0.2, 0.25) is 13.1 Å².